The molecule has 176 valence electrons. The Morgan fingerprint density at radius 2 is 1.80 bits per heavy atom. The van der Waals surface area contributed by atoms with E-state index in [0.29, 0.717) is 30.2 Å². The van der Waals surface area contributed by atoms with E-state index in [1.165, 1.54) is 4.90 Å². The van der Waals surface area contributed by atoms with Crippen LogP contribution in [0.25, 0.3) is 17.0 Å². The van der Waals surface area contributed by atoms with Gasteiger partial charge in [-0.3, -0.25) is 19.3 Å². The number of amides is 3. The van der Waals surface area contributed by atoms with Gasteiger partial charge in [0.25, 0.3) is 11.1 Å². The monoisotopic (exact) mass is 485 g/mol. The number of imide groups is 1. The molecule has 0 spiro atoms. The number of hydrogen-bond acceptors (Lipinski definition) is 5. The maximum absolute atomic E-state index is 13.0. The Balaban J connectivity index is 1.33. The van der Waals surface area contributed by atoms with Crippen LogP contribution in [0.1, 0.15) is 16.9 Å². The van der Waals surface area contributed by atoms with E-state index in [-0.39, 0.29) is 23.6 Å². The van der Waals surface area contributed by atoms with Crippen LogP contribution in [0.4, 0.5) is 4.79 Å². The third-order valence-corrected chi connectivity index (χ3v) is 6.71. The number of rotatable bonds is 8. The first-order valence-electron chi connectivity index (χ1n) is 11.2. The predicted molar refractivity (Wildman–Crippen MR) is 135 cm³/mol. The van der Waals surface area contributed by atoms with Crippen LogP contribution in [0.2, 0.25) is 0 Å². The first-order valence-corrected chi connectivity index (χ1v) is 12.1. The molecule has 8 heteroatoms. The Morgan fingerprint density at radius 1 is 1.00 bits per heavy atom. The highest BCUT2D eigenvalue weighted by Gasteiger charge is 2.34. The summed E-state index contributed by atoms with van der Waals surface area (Å²) in [6.45, 7) is 0.769. The van der Waals surface area contributed by atoms with Crippen molar-refractivity contribution < 1.29 is 18.8 Å². The van der Waals surface area contributed by atoms with Crippen LogP contribution in [0.5, 0.6) is 0 Å². The van der Waals surface area contributed by atoms with Crippen molar-refractivity contribution in [3.05, 3.63) is 101 Å². The minimum Gasteiger partial charge on any atom is -0.467 e. The summed E-state index contributed by atoms with van der Waals surface area (Å²) in [7, 11) is 0. The molecule has 3 amide bonds. The van der Waals surface area contributed by atoms with Crippen molar-refractivity contribution in [1.82, 2.24) is 14.8 Å². The van der Waals surface area contributed by atoms with Gasteiger partial charge in [0.1, 0.15) is 12.3 Å². The van der Waals surface area contributed by atoms with E-state index in [4.69, 9.17) is 4.42 Å². The molecule has 2 aromatic carbocycles. The second kappa shape index (κ2) is 10.1. The average Bonchev–Trinajstić information content (AvgIpc) is 3.57. The van der Waals surface area contributed by atoms with E-state index in [1.54, 1.807) is 24.5 Å². The molecule has 0 aliphatic carbocycles. The highest BCUT2D eigenvalue weighted by molar-refractivity contribution is 8.18. The molecular formula is C27H23N3O4S. The zero-order valence-corrected chi connectivity index (χ0v) is 19.7. The minimum atomic E-state index is -0.288. The summed E-state index contributed by atoms with van der Waals surface area (Å²) in [6, 6.07) is 21.0. The number of carbonyl (C=O) groups is 3. The number of thioether (sulfide) groups is 1. The molecule has 1 saturated heterocycles. The van der Waals surface area contributed by atoms with Crippen LogP contribution in [0.3, 0.4) is 0 Å². The lowest BCUT2D eigenvalue weighted by molar-refractivity contribution is -0.123. The van der Waals surface area contributed by atoms with Gasteiger partial charge in [0.15, 0.2) is 0 Å². The molecule has 0 unspecified atom stereocenters. The summed E-state index contributed by atoms with van der Waals surface area (Å²) < 4.78 is 7.10. The molecule has 3 heterocycles. The molecular weight excluding hydrogens is 462 g/mol. The smallest absolute Gasteiger partial charge is 0.293 e. The van der Waals surface area contributed by atoms with Gasteiger partial charge in [0.05, 0.1) is 17.7 Å². The van der Waals surface area contributed by atoms with Crippen LogP contribution in [-0.4, -0.2) is 33.1 Å². The number of aromatic nitrogens is 1. The van der Waals surface area contributed by atoms with Crippen LogP contribution in [-0.2, 0) is 29.1 Å². The summed E-state index contributed by atoms with van der Waals surface area (Å²) in [4.78, 5) is 39.8. The van der Waals surface area contributed by atoms with Crippen molar-refractivity contribution in [3.8, 4) is 0 Å². The van der Waals surface area contributed by atoms with E-state index in [1.807, 2.05) is 65.4 Å². The standard InChI is InChI=1S/C27H23N3O4S/c31-25(28-16-21-9-6-14-34-21)18-29-17-20(22-10-4-5-11-23(22)29)15-24-26(32)30(27(33)35-24)13-12-19-7-2-1-3-8-19/h1-11,14-15,17H,12-13,16,18H2,(H,28,31)/b24-15-. The predicted octanol–water partition coefficient (Wildman–Crippen LogP) is 4.83. The van der Waals surface area contributed by atoms with E-state index in [0.717, 1.165) is 33.8 Å². The molecule has 1 aliphatic heterocycles. The van der Waals surface area contributed by atoms with Gasteiger partial charge in [-0.1, -0.05) is 48.5 Å². The Hall–Kier alpha value is -4.04. The van der Waals surface area contributed by atoms with Gasteiger partial charge in [0, 0.05) is 29.2 Å². The molecule has 5 rings (SSSR count). The van der Waals surface area contributed by atoms with Gasteiger partial charge in [-0.2, -0.15) is 0 Å². The number of carbonyl (C=O) groups excluding carboxylic acids is 3. The maximum atomic E-state index is 13.0. The SMILES string of the molecule is O=C(Cn1cc(/C=C2\SC(=O)N(CCc3ccccc3)C2=O)c2ccccc21)NCc1ccco1. The highest BCUT2D eigenvalue weighted by Crippen LogP contribution is 2.34. The number of para-hydroxylation sites is 1. The van der Waals surface area contributed by atoms with Gasteiger partial charge in [-0.25, -0.2) is 0 Å². The molecule has 4 aromatic rings. The number of nitrogens with one attached hydrogen (secondary N) is 1. The molecule has 2 aromatic heterocycles. The van der Waals surface area contributed by atoms with Gasteiger partial charge in [-0.15, -0.1) is 0 Å². The fourth-order valence-electron chi connectivity index (χ4n) is 4.05. The second-order valence-electron chi connectivity index (χ2n) is 8.15. The van der Waals surface area contributed by atoms with Crippen LogP contribution in [0, 0.1) is 0 Å². The molecule has 0 atom stereocenters. The number of fused-ring (bicyclic) bond motifs is 1. The van der Waals surface area contributed by atoms with E-state index in [2.05, 4.69) is 5.32 Å². The lowest BCUT2D eigenvalue weighted by Crippen LogP contribution is -2.30. The number of furan rings is 1. The van der Waals surface area contributed by atoms with Crippen molar-refractivity contribution >= 4 is 45.8 Å². The Morgan fingerprint density at radius 3 is 2.60 bits per heavy atom. The molecule has 7 nitrogen and oxygen atoms in total. The van der Waals surface area contributed by atoms with Crippen LogP contribution in [0.15, 0.2) is 88.5 Å². The molecule has 1 fully saturated rings. The normalized spacial score (nSPS) is 14.9. The quantitative estimate of drug-likeness (QED) is 0.362. The van der Waals surface area contributed by atoms with Crippen LogP contribution >= 0.6 is 11.8 Å². The second-order valence-corrected chi connectivity index (χ2v) is 9.15. The molecule has 1 aliphatic rings. The van der Waals surface area contributed by atoms with Gasteiger partial charge >= 0.3 is 0 Å². The van der Waals surface area contributed by atoms with Crippen molar-refractivity contribution in [1.29, 1.82) is 0 Å². The third kappa shape index (κ3) is 5.07. The molecule has 0 radical (unpaired) electrons. The van der Waals surface area contributed by atoms with E-state index < -0.39 is 0 Å². The zero-order valence-electron chi connectivity index (χ0n) is 18.8. The number of benzene rings is 2. The van der Waals surface area contributed by atoms with Crippen molar-refractivity contribution in [2.24, 2.45) is 0 Å². The average molecular weight is 486 g/mol. The summed E-state index contributed by atoms with van der Waals surface area (Å²) in [5.41, 5.74) is 2.73. The fourth-order valence-corrected chi connectivity index (χ4v) is 4.91. The lowest BCUT2D eigenvalue weighted by atomic mass is 10.1. The highest BCUT2D eigenvalue weighted by atomic mass is 32.2. The Kier molecular flexibility index (Phi) is 6.54. The van der Waals surface area contributed by atoms with E-state index in [9.17, 15) is 14.4 Å². The Labute approximate surface area is 206 Å². The maximum Gasteiger partial charge on any atom is 0.293 e. The van der Waals surface area contributed by atoms with E-state index >= 15 is 0 Å². The fraction of sp³-hybridized carbons (Fsp3) is 0.148. The summed E-state index contributed by atoms with van der Waals surface area (Å²) in [5.74, 6) is 0.235. The van der Waals surface area contributed by atoms with Crippen LogP contribution < -0.4 is 5.32 Å². The third-order valence-electron chi connectivity index (χ3n) is 5.80. The van der Waals surface area contributed by atoms with Gasteiger partial charge in [0.2, 0.25) is 5.91 Å². The summed E-state index contributed by atoms with van der Waals surface area (Å²) in [6.07, 6.45) is 5.76. The molecule has 1 N–H and O–H groups in total. The molecule has 35 heavy (non-hydrogen) atoms. The first kappa shape index (κ1) is 22.7. The van der Waals surface area contributed by atoms with Crippen molar-refractivity contribution in [3.63, 3.8) is 0 Å². The molecule has 0 saturated carbocycles. The number of hydrogen-bond donors (Lipinski definition) is 1. The lowest BCUT2D eigenvalue weighted by Gasteiger charge is -2.12. The Bertz CT molecular complexity index is 1410. The van der Waals surface area contributed by atoms with Crippen molar-refractivity contribution in [2.75, 3.05) is 6.54 Å². The topological polar surface area (TPSA) is 84.5 Å². The summed E-state index contributed by atoms with van der Waals surface area (Å²) in [5, 5.41) is 3.49. The molecule has 0 bridgehead atoms. The van der Waals surface area contributed by atoms with Gasteiger partial charge in [-0.05, 0) is 48.0 Å². The van der Waals surface area contributed by atoms with Gasteiger partial charge < -0.3 is 14.3 Å². The largest absolute Gasteiger partial charge is 0.467 e. The zero-order chi connectivity index (χ0) is 24.2. The first-order chi connectivity index (χ1) is 17.1. The van der Waals surface area contributed by atoms with Crippen molar-refractivity contribution in [2.45, 2.75) is 19.5 Å². The summed E-state index contributed by atoms with van der Waals surface area (Å²) >= 11 is 0.950. The number of nitrogens with zero attached hydrogens (tertiary/aromatic N) is 2. The minimum absolute atomic E-state index is 0.119.